The average Bonchev–Trinajstić information content (AvgIpc) is 2.10. The van der Waals surface area contributed by atoms with E-state index in [1.165, 1.54) is 59.8 Å². The first-order chi connectivity index (χ1) is 9.38. The number of aliphatic hydroxyl groups is 3. The van der Waals surface area contributed by atoms with Gasteiger partial charge in [-0.05, 0) is 41.5 Å². The molecule has 6 nitrogen and oxygen atoms in total. The Bertz CT molecular complexity index is 368. The fraction of sp³-hybridized carbons (Fsp3) is 0.400. The van der Waals surface area contributed by atoms with Crippen molar-refractivity contribution < 1.29 is 55.5 Å². The summed E-state index contributed by atoms with van der Waals surface area (Å²) in [4.78, 5) is 30.1. The van der Waals surface area contributed by atoms with Crippen LogP contribution in [0.3, 0.4) is 0 Å². The number of rotatable bonds is 3. The van der Waals surface area contributed by atoms with Crippen LogP contribution in [-0.2, 0) is 40.2 Å². The molecule has 3 N–H and O–H groups in total. The third-order valence-electron chi connectivity index (χ3n) is 1.24. The molecular weight excluding hydrogens is 321 g/mol. The maximum Gasteiger partial charge on any atom is 0.155 e. The summed E-state index contributed by atoms with van der Waals surface area (Å²) in [7, 11) is 0. The summed E-state index contributed by atoms with van der Waals surface area (Å²) in [5, 5.41) is 25.1. The van der Waals surface area contributed by atoms with Crippen molar-refractivity contribution in [1.82, 2.24) is 0 Å². The molecule has 0 fully saturated rings. The van der Waals surface area contributed by atoms with E-state index < -0.39 is 0 Å². The molecule has 0 aliphatic carbocycles. The van der Waals surface area contributed by atoms with E-state index in [1.54, 1.807) is 0 Å². The van der Waals surface area contributed by atoms with Gasteiger partial charge >= 0.3 is 0 Å². The fourth-order valence-electron chi connectivity index (χ4n) is 0.882. The molecule has 0 heterocycles. The summed E-state index contributed by atoms with van der Waals surface area (Å²) in [6, 6.07) is 0. The summed E-state index contributed by atoms with van der Waals surface area (Å²) in [5.74, 6) is -0.187. The number of ketones is 3. The maximum atomic E-state index is 10.0. The Hall–Kier alpha value is -1.50. The molecule has 0 aliphatic heterocycles. The normalized spacial score (nSPS) is 10.9. The van der Waals surface area contributed by atoms with Crippen LogP contribution in [0.4, 0.5) is 0 Å². The zero-order valence-corrected chi connectivity index (χ0v) is 15.7. The number of carbonyl (C=O) groups excluding carboxylic acids is 3. The number of hydrogen-bond acceptors (Lipinski definition) is 6. The second-order valence-electron chi connectivity index (χ2n) is 4.19. The summed E-state index contributed by atoms with van der Waals surface area (Å²) < 4.78 is 0. The Morgan fingerprint density at radius 2 is 0.682 bits per heavy atom. The molecule has 0 unspecified atom stereocenters. The molecule has 0 saturated heterocycles. The van der Waals surface area contributed by atoms with Gasteiger partial charge in [0, 0.05) is 44.1 Å². The Balaban J connectivity index is -0.000000108. The predicted octanol–water partition coefficient (Wildman–Crippen LogP) is 3.11. The molecular formula is C15H24O6Sc. The zero-order valence-electron chi connectivity index (χ0n) is 13.9. The van der Waals surface area contributed by atoms with Crippen LogP contribution in [-0.4, -0.2) is 32.7 Å². The van der Waals surface area contributed by atoms with Crippen molar-refractivity contribution in [2.45, 2.75) is 41.5 Å². The van der Waals surface area contributed by atoms with Crippen molar-refractivity contribution in [1.29, 1.82) is 0 Å². The third-order valence-corrected chi connectivity index (χ3v) is 1.24. The molecule has 123 valence electrons. The van der Waals surface area contributed by atoms with Gasteiger partial charge in [0.1, 0.15) is 0 Å². The van der Waals surface area contributed by atoms with E-state index >= 15 is 0 Å². The average molecular weight is 345 g/mol. The Labute approximate surface area is 150 Å². The van der Waals surface area contributed by atoms with Crippen LogP contribution in [0.15, 0.2) is 35.5 Å². The largest absolute Gasteiger partial charge is 0.512 e. The van der Waals surface area contributed by atoms with Crippen LogP contribution in [0.25, 0.3) is 0 Å². The summed E-state index contributed by atoms with van der Waals surface area (Å²) in [5.41, 5.74) is 0. The van der Waals surface area contributed by atoms with E-state index in [0.717, 1.165) is 0 Å². The summed E-state index contributed by atoms with van der Waals surface area (Å²) in [6.45, 7) is 8.54. The van der Waals surface area contributed by atoms with Gasteiger partial charge in [0.2, 0.25) is 0 Å². The molecule has 7 heteroatoms. The third kappa shape index (κ3) is 51.4. The van der Waals surface area contributed by atoms with Gasteiger partial charge in [-0.1, -0.05) is 0 Å². The van der Waals surface area contributed by atoms with Gasteiger partial charge < -0.3 is 15.3 Å². The Morgan fingerprint density at radius 1 is 0.545 bits per heavy atom. The summed E-state index contributed by atoms with van der Waals surface area (Å²) >= 11 is 0. The molecule has 0 aromatic rings. The van der Waals surface area contributed by atoms with Crippen LogP contribution in [0.5, 0.6) is 0 Å². The topological polar surface area (TPSA) is 112 Å². The summed E-state index contributed by atoms with van der Waals surface area (Å²) in [6.07, 6.45) is 3.50. The molecule has 0 aromatic carbocycles. The van der Waals surface area contributed by atoms with Crippen LogP contribution in [0.1, 0.15) is 41.5 Å². The second kappa shape index (κ2) is 17.6. The van der Waals surface area contributed by atoms with Gasteiger partial charge in [-0.15, -0.1) is 0 Å². The minimum atomic E-state index is -0.125. The van der Waals surface area contributed by atoms with Gasteiger partial charge in [0.15, 0.2) is 17.3 Å². The number of hydrogen-bond donors (Lipinski definition) is 3. The molecule has 0 atom stereocenters. The van der Waals surface area contributed by atoms with E-state index in [9.17, 15) is 14.4 Å². The monoisotopic (exact) mass is 345 g/mol. The van der Waals surface area contributed by atoms with Crippen LogP contribution >= 0.6 is 0 Å². The van der Waals surface area contributed by atoms with Gasteiger partial charge in [-0.25, -0.2) is 0 Å². The van der Waals surface area contributed by atoms with Crippen LogP contribution in [0, 0.1) is 0 Å². The van der Waals surface area contributed by atoms with Gasteiger partial charge in [-0.2, -0.15) is 0 Å². The first-order valence-corrected chi connectivity index (χ1v) is 6.02. The SMILES string of the molecule is CC(=O)C=C(C)O.CC(=O)C=C(C)O.CC(=O)C=C(C)O.[Sc]. The first kappa shape index (κ1) is 28.6. The Kier molecular flexibility index (Phi) is 22.8. The van der Waals surface area contributed by atoms with Gasteiger partial charge in [0.25, 0.3) is 0 Å². The Morgan fingerprint density at radius 3 is 0.682 bits per heavy atom. The number of aliphatic hydroxyl groups excluding tert-OH is 3. The van der Waals surface area contributed by atoms with Crippen molar-refractivity contribution in [2.75, 3.05) is 0 Å². The van der Waals surface area contributed by atoms with E-state index in [4.69, 9.17) is 15.3 Å². The van der Waals surface area contributed by atoms with E-state index in [1.807, 2.05) is 0 Å². The van der Waals surface area contributed by atoms with E-state index in [0.29, 0.717) is 0 Å². The molecule has 0 rings (SSSR count). The molecule has 0 spiro atoms. The van der Waals surface area contributed by atoms with E-state index in [-0.39, 0.29) is 60.5 Å². The van der Waals surface area contributed by atoms with Gasteiger partial charge in [-0.3, -0.25) is 14.4 Å². The number of allylic oxidation sites excluding steroid dienone is 6. The van der Waals surface area contributed by atoms with Crippen molar-refractivity contribution >= 4 is 17.3 Å². The van der Waals surface area contributed by atoms with Crippen molar-refractivity contribution in [2.24, 2.45) is 0 Å². The van der Waals surface area contributed by atoms with Crippen molar-refractivity contribution in [3.05, 3.63) is 35.5 Å². The fourth-order valence-corrected chi connectivity index (χ4v) is 0.882. The minimum Gasteiger partial charge on any atom is -0.512 e. The van der Waals surface area contributed by atoms with Crippen LogP contribution < -0.4 is 0 Å². The quantitative estimate of drug-likeness (QED) is 0.535. The zero-order chi connectivity index (χ0) is 17.6. The predicted molar refractivity (Wildman–Crippen MR) is 81.2 cm³/mol. The molecule has 0 bridgehead atoms. The molecule has 0 saturated carbocycles. The standard InChI is InChI=1S/3C5H8O2.Sc/c3*1-4(6)3-5(2)7;/h3*3,6H,1-2H3;. The molecule has 0 amide bonds. The first-order valence-electron chi connectivity index (χ1n) is 6.02. The molecule has 1 radical (unpaired) electrons. The second-order valence-corrected chi connectivity index (χ2v) is 4.19. The van der Waals surface area contributed by atoms with E-state index in [2.05, 4.69) is 0 Å². The van der Waals surface area contributed by atoms with Gasteiger partial charge in [0.05, 0.1) is 17.3 Å². The van der Waals surface area contributed by atoms with Crippen LogP contribution in [0.2, 0.25) is 0 Å². The van der Waals surface area contributed by atoms with Crippen molar-refractivity contribution in [3.63, 3.8) is 0 Å². The minimum absolute atomic E-state index is 0. The molecule has 0 aliphatic rings. The number of carbonyl (C=O) groups is 3. The molecule has 22 heavy (non-hydrogen) atoms. The molecule has 0 aromatic heterocycles. The smallest absolute Gasteiger partial charge is 0.155 e. The van der Waals surface area contributed by atoms with Crippen molar-refractivity contribution in [3.8, 4) is 0 Å². The maximum absolute atomic E-state index is 10.0.